The van der Waals surface area contributed by atoms with Gasteiger partial charge in [0.25, 0.3) is 0 Å². The molecule has 0 N–H and O–H groups in total. The van der Waals surface area contributed by atoms with E-state index in [4.69, 9.17) is 14.2 Å². The van der Waals surface area contributed by atoms with Crippen molar-refractivity contribution >= 4 is 17.9 Å². The van der Waals surface area contributed by atoms with Crippen molar-refractivity contribution in [2.24, 2.45) is 0 Å². The molecule has 0 aliphatic carbocycles. The lowest BCUT2D eigenvalue weighted by Gasteiger charge is -2.18. The highest BCUT2D eigenvalue weighted by molar-refractivity contribution is 5.71. The van der Waals surface area contributed by atoms with E-state index in [1.807, 2.05) is 0 Å². The van der Waals surface area contributed by atoms with Crippen molar-refractivity contribution in [3.05, 3.63) is 60.8 Å². The largest absolute Gasteiger partial charge is 0.462 e. The molecule has 0 saturated carbocycles. The van der Waals surface area contributed by atoms with Crippen molar-refractivity contribution < 1.29 is 28.6 Å². The smallest absolute Gasteiger partial charge is 0.306 e. The first-order chi connectivity index (χ1) is 31.5. The third-order valence-electron chi connectivity index (χ3n) is 11.8. The quantitative estimate of drug-likeness (QED) is 0.0262. The number of unbranched alkanes of at least 4 members (excludes halogenated alkanes) is 28. The fourth-order valence-corrected chi connectivity index (χ4v) is 7.66. The average molecular weight is 895 g/mol. The SMILES string of the molecule is CC/C=C\C/C=C\C/C=C\CCCCCC(=O)OC(COC(=O)CCCCCCCCCCCC)COC(=O)CCCCCCCCCCCCC/C=C\C/C=C\CCCCCCC. The molecule has 0 rings (SSSR count). The van der Waals surface area contributed by atoms with E-state index in [-0.39, 0.29) is 31.1 Å². The molecule has 6 nitrogen and oxygen atoms in total. The molecule has 1 atom stereocenters. The lowest BCUT2D eigenvalue weighted by Crippen LogP contribution is -2.30. The van der Waals surface area contributed by atoms with Crippen LogP contribution < -0.4 is 0 Å². The number of esters is 3. The summed E-state index contributed by atoms with van der Waals surface area (Å²) in [6, 6.07) is 0. The van der Waals surface area contributed by atoms with E-state index in [1.54, 1.807) is 0 Å². The van der Waals surface area contributed by atoms with Gasteiger partial charge in [0, 0.05) is 19.3 Å². The topological polar surface area (TPSA) is 78.9 Å². The van der Waals surface area contributed by atoms with Gasteiger partial charge in [0.05, 0.1) is 0 Å². The molecule has 0 aromatic heterocycles. The fourth-order valence-electron chi connectivity index (χ4n) is 7.66. The summed E-state index contributed by atoms with van der Waals surface area (Å²) in [5, 5.41) is 0. The standard InChI is InChI=1S/C58H102O6/c1-4-7-10-13-16-19-22-24-25-26-27-28-29-30-31-32-33-35-36-39-42-45-48-51-57(60)63-54-55(53-62-56(59)50-47-44-41-38-21-18-15-12-9-6-3)64-58(61)52-49-46-43-40-37-34-23-20-17-14-11-8-5-2/h8,11,17,20,22,24,26-27,34,37,55H,4-7,9-10,12-16,18-19,21,23,25,28-33,35-36,38-54H2,1-3H3/b11-8-,20-17-,24-22-,27-26-,37-34-. The lowest BCUT2D eigenvalue weighted by molar-refractivity contribution is -0.167. The van der Waals surface area contributed by atoms with Crippen molar-refractivity contribution in [2.75, 3.05) is 13.2 Å². The van der Waals surface area contributed by atoms with Gasteiger partial charge in [-0.15, -0.1) is 0 Å². The monoisotopic (exact) mass is 895 g/mol. The highest BCUT2D eigenvalue weighted by Gasteiger charge is 2.19. The summed E-state index contributed by atoms with van der Waals surface area (Å²) in [6.45, 7) is 6.49. The Kier molecular flexibility index (Phi) is 50.4. The molecule has 0 bridgehead atoms. The molecule has 370 valence electrons. The summed E-state index contributed by atoms with van der Waals surface area (Å²) in [5.74, 6) is -0.912. The van der Waals surface area contributed by atoms with Gasteiger partial charge in [0.1, 0.15) is 13.2 Å². The molecule has 1 unspecified atom stereocenters. The molecule has 0 aliphatic rings. The van der Waals surface area contributed by atoms with Gasteiger partial charge >= 0.3 is 17.9 Å². The second-order valence-electron chi connectivity index (χ2n) is 18.1. The summed E-state index contributed by atoms with van der Waals surface area (Å²) >= 11 is 0. The van der Waals surface area contributed by atoms with Crippen molar-refractivity contribution in [1.29, 1.82) is 0 Å². The van der Waals surface area contributed by atoms with E-state index in [9.17, 15) is 14.4 Å². The second kappa shape index (κ2) is 52.7. The van der Waals surface area contributed by atoms with Crippen LogP contribution in [0.15, 0.2) is 60.8 Å². The van der Waals surface area contributed by atoms with Crippen LogP contribution in [0.25, 0.3) is 0 Å². The molecule has 0 saturated heterocycles. The Morgan fingerprint density at radius 3 is 0.969 bits per heavy atom. The van der Waals surface area contributed by atoms with Crippen molar-refractivity contribution in [3.8, 4) is 0 Å². The minimum atomic E-state index is -0.787. The van der Waals surface area contributed by atoms with Crippen molar-refractivity contribution in [3.63, 3.8) is 0 Å². The number of allylic oxidation sites excluding steroid dienone is 10. The maximum atomic E-state index is 12.8. The Labute approximate surface area is 396 Å². The predicted molar refractivity (Wildman–Crippen MR) is 275 cm³/mol. The molecule has 0 heterocycles. The molecule has 0 aliphatic heterocycles. The number of carbonyl (C=O) groups excluding carboxylic acids is 3. The van der Waals surface area contributed by atoms with Crippen LogP contribution in [0, 0.1) is 0 Å². The van der Waals surface area contributed by atoms with Gasteiger partial charge < -0.3 is 14.2 Å². The minimum Gasteiger partial charge on any atom is -0.462 e. The zero-order chi connectivity index (χ0) is 46.5. The molecule has 0 spiro atoms. The Balaban J connectivity index is 4.26. The highest BCUT2D eigenvalue weighted by Crippen LogP contribution is 2.15. The molecule has 0 aromatic carbocycles. The fraction of sp³-hybridized carbons (Fsp3) is 0.776. The third kappa shape index (κ3) is 50.1. The van der Waals surface area contributed by atoms with E-state index < -0.39 is 6.10 Å². The summed E-state index contributed by atoms with van der Waals surface area (Å²) in [5.41, 5.74) is 0. The van der Waals surface area contributed by atoms with E-state index in [0.29, 0.717) is 19.3 Å². The van der Waals surface area contributed by atoms with Crippen LogP contribution in [0.4, 0.5) is 0 Å². The molecule has 0 fully saturated rings. The first-order valence-electron chi connectivity index (χ1n) is 27.3. The number of hydrogen-bond donors (Lipinski definition) is 0. The molecule has 0 amide bonds. The van der Waals surface area contributed by atoms with Gasteiger partial charge in [-0.05, 0) is 83.5 Å². The zero-order valence-corrected chi connectivity index (χ0v) is 42.3. The Hall–Kier alpha value is -2.89. The van der Waals surface area contributed by atoms with Crippen LogP contribution in [0.1, 0.15) is 271 Å². The van der Waals surface area contributed by atoms with Gasteiger partial charge in [-0.2, -0.15) is 0 Å². The van der Waals surface area contributed by atoms with Crippen LogP contribution in [-0.2, 0) is 28.6 Å². The minimum absolute atomic E-state index is 0.0848. The maximum Gasteiger partial charge on any atom is 0.306 e. The lowest BCUT2D eigenvalue weighted by atomic mass is 10.0. The highest BCUT2D eigenvalue weighted by atomic mass is 16.6. The van der Waals surface area contributed by atoms with Gasteiger partial charge in [0.2, 0.25) is 0 Å². The first-order valence-corrected chi connectivity index (χ1v) is 27.3. The van der Waals surface area contributed by atoms with E-state index in [0.717, 1.165) is 89.9 Å². The summed E-state index contributed by atoms with van der Waals surface area (Å²) in [4.78, 5) is 37.9. The van der Waals surface area contributed by atoms with Crippen LogP contribution in [0.5, 0.6) is 0 Å². The molecule has 0 aromatic rings. The Morgan fingerprint density at radius 1 is 0.328 bits per heavy atom. The number of hydrogen-bond acceptors (Lipinski definition) is 6. The van der Waals surface area contributed by atoms with E-state index in [1.165, 1.54) is 141 Å². The Morgan fingerprint density at radius 2 is 0.609 bits per heavy atom. The number of rotatable bonds is 49. The third-order valence-corrected chi connectivity index (χ3v) is 11.8. The molecule has 0 radical (unpaired) electrons. The van der Waals surface area contributed by atoms with Crippen molar-refractivity contribution in [2.45, 2.75) is 277 Å². The van der Waals surface area contributed by atoms with Crippen molar-refractivity contribution in [1.82, 2.24) is 0 Å². The zero-order valence-electron chi connectivity index (χ0n) is 42.3. The molecular weight excluding hydrogens is 793 g/mol. The number of ether oxygens (including phenoxy) is 3. The van der Waals surface area contributed by atoms with Gasteiger partial charge in [-0.25, -0.2) is 0 Å². The van der Waals surface area contributed by atoms with E-state index in [2.05, 4.69) is 81.5 Å². The second-order valence-corrected chi connectivity index (χ2v) is 18.1. The molecular formula is C58H102O6. The van der Waals surface area contributed by atoms with Crippen LogP contribution in [-0.4, -0.2) is 37.2 Å². The van der Waals surface area contributed by atoms with E-state index >= 15 is 0 Å². The normalized spacial score (nSPS) is 12.5. The number of carbonyl (C=O) groups is 3. The molecule has 6 heteroatoms. The summed E-state index contributed by atoms with van der Waals surface area (Å²) < 4.78 is 16.8. The summed E-state index contributed by atoms with van der Waals surface area (Å²) in [7, 11) is 0. The molecule has 64 heavy (non-hydrogen) atoms. The first kappa shape index (κ1) is 61.1. The van der Waals surface area contributed by atoms with Crippen LogP contribution in [0.2, 0.25) is 0 Å². The Bertz CT molecular complexity index is 1170. The maximum absolute atomic E-state index is 12.8. The summed E-state index contributed by atoms with van der Waals surface area (Å²) in [6.07, 6.45) is 65.1. The van der Waals surface area contributed by atoms with Gasteiger partial charge in [-0.1, -0.05) is 229 Å². The van der Waals surface area contributed by atoms with Gasteiger partial charge in [0.15, 0.2) is 6.10 Å². The average Bonchev–Trinajstić information content (AvgIpc) is 3.29. The van der Waals surface area contributed by atoms with Crippen LogP contribution >= 0.6 is 0 Å². The van der Waals surface area contributed by atoms with Gasteiger partial charge in [-0.3, -0.25) is 14.4 Å². The van der Waals surface area contributed by atoms with Crippen LogP contribution in [0.3, 0.4) is 0 Å². The predicted octanol–water partition coefficient (Wildman–Crippen LogP) is 18.0.